The number of hydrogen-bond donors (Lipinski definition) is 3. The Kier molecular flexibility index (Phi) is 5.26. The Morgan fingerprint density at radius 1 is 1.13 bits per heavy atom. The molecule has 0 spiro atoms. The Labute approximate surface area is 177 Å². The molecule has 2 heterocycles. The fourth-order valence-corrected chi connectivity index (χ4v) is 4.24. The van der Waals surface area contributed by atoms with Gasteiger partial charge in [-0.25, -0.2) is 4.39 Å². The third-order valence-electron chi connectivity index (χ3n) is 5.80. The van der Waals surface area contributed by atoms with Crippen LogP contribution in [0.1, 0.15) is 37.1 Å². The van der Waals surface area contributed by atoms with Crippen molar-refractivity contribution in [3.05, 3.63) is 65.1 Å². The molecule has 0 fully saturated rings. The van der Waals surface area contributed by atoms with Crippen LogP contribution in [-0.4, -0.2) is 28.6 Å². The van der Waals surface area contributed by atoms with Crippen molar-refractivity contribution in [3.8, 4) is 5.75 Å². The van der Waals surface area contributed by atoms with E-state index in [1.54, 1.807) is 19.9 Å². The summed E-state index contributed by atoms with van der Waals surface area (Å²) in [5.74, 6) is -0.125. The third kappa shape index (κ3) is 4.14. The standard InChI is InChI=1S/C23H24F4N2O2/c1-21(2,18-11-16(24)9-15-7-8-31-20(15)18)13-22(30,23(25,26)27)28-12-17-10-14-5-3-4-6-19(14)29-17/h3-6,9-11,28-30H,7-8,12-13H2,1-2H3. The molecule has 3 aromatic rings. The fourth-order valence-electron chi connectivity index (χ4n) is 4.24. The number of alkyl halides is 3. The van der Waals surface area contributed by atoms with Crippen molar-refractivity contribution in [3.63, 3.8) is 0 Å². The minimum atomic E-state index is -4.95. The number of hydrogen-bond acceptors (Lipinski definition) is 3. The van der Waals surface area contributed by atoms with Gasteiger partial charge in [-0.15, -0.1) is 0 Å². The van der Waals surface area contributed by atoms with E-state index in [0.29, 0.717) is 35.6 Å². The second-order valence-electron chi connectivity index (χ2n) is 8.69. The number of rotatable bonds is 6. The highest BCUT2D eigenvalue weighted by atomic mass is 19.4. The first-order valence-corrected chi connectivity index (χ1v) is 10.0. The van der Waals surface area contributed by atoms with E-state index < -0.39 is 29.6 Å². The van der Waals surface area contributed by atoms with Gasteiger partial charge in [0, 0.05) is 41.7 Å². The summed E-state index contributed by atoms with van der Waals surface area (Å²) in [5.41, 5.74) is -2.17. The number of H-pyrrole nitrogens is 1. The van der Waals surface area contributed by atoms with Crippen LogP contribution in [-0.2, 0) is 18.4 Å². The molecular formula is C23H24F4N2O2. The van der Waals surface area contributed by atoms with Crippen molar-refractivity contribution in [2.45, 2.75) is 50.6 Å². The number of aromatic amines is 1. The lowest BCUT2D eigenvalue weighted by molar-refractivity contribution is -0.280. The number of benzene rings is 2. The predicted octanol–water partition coefficient (Wildman–Crippen LogP) is 4.95. The molecule has 4 nitrogen and oxygen atoms in total. The molecule has 4 rings (SSSR count). The molecule has 0 saturated carbocycles. The first-order valence-electron chi connectivity index (χ1n) is 10.0. The molecule has 1 atom stereocenters. The van der Waals surface area contributed by atoms with Gasteiger partial charge in [-0.2, -0.15) is 13.2 Å². The van der Waals surface area contributed by atoms with Crippen LogP contribution in [0.5, 0.6) is 5.75 Å². The minimum Gasteiger partial charge on any atom is -0.493 e. The van der Waals surface area contributed by atoms with E-state index in [0.717, 1.165) is 10.9 Å². The smallest absolute Gasteiger partial charge is 0.431 e. The average molecular weight is 436 g/mol. The molecule has 31 heavy (non-hydrogen) atoms. The lowest BCUT2D eigenvalue weighted by Gasteiger charge is -2.38. The normalized spacial score (nSPS) is 16.2. The van der Waals surface area contributed by atoms with E-state index >= 15 is 0 Å². The van der Waals surface area contributed by atoms with Crippen molar-refractivity contribution in [1.29, 1.82) is 0 Å². The molecule has 1 aliphatic heterocycles. The summed E-state index contributed by atoms with van der Waals surface area (Å²) in [6.45, 7) is 3.22. The van der Waals surface area contributed by atoms with Crippen LogP contribution in [0.15, 0.2) is 42.5 Å². The van der Waals surface area contributed by atoms with Crippen LogP contribution in [0, 0.1) is 5.82 Å². The van der Waals surface area contributed by atoms with Crippen molar-refractivity contribution >= 4 is 10.9 Å². The quantitative estimate of drug-likeness (QED) is 0.379. The largest absolute Gasteiger partial charge is 0.493 e. The number of para-hydroxylation sites is 1. The third-order valence-corrected chi connectivity index (χ3v) is 5.80. The molecule has 0 bridgehead atoms. The summed E-state index contributed by atoms with van der Waals surface area (Å²) < 4.78 is 61.7. The van der Waals surface area contributed by atoms with E-state index in [2.05, 4.69) is 10.3 Å². The topological polar surface area (TPSA) is 57.3 Å². The molecular weight excluding hydrogens is 412 g/mol. The van der Waals surface area contributed by atoms with E-state index in [1.807, 2.05) is 24.3 Å². The molecule has 3 N–H and O–H groups in total. The van der Waals surface area contributed by atoms with Gasteiger partial charge in [0.15, 0.2) is 0 Å². The van der Waals surface area contributed by atoms with Crippen LogP contribution in [0.4, 0.5) is 17.6 Å². The van der Waals surface area contributed by atoms with Gasteiger partial charge in [0.25, 0.3) is 0 Å². The summed E-state index contributed by atoms with van der Waals surface area (Å²) in [6.07, 6.45) is -5.17. The molecule has 1 unspecified atom stereocenters. The van der Waals surface area contributed by atoms with Crippen LogP contribution >= 0.6 is 0 Å². The molecule has 0 radical (unpaired) electrons. The van der Waals surface area contributed by atoms with Crippen molar-refractivity contribution in [1.82, 2.24) is 10.3 Å². The highest BCUT2D eigenvalue weighted by Crippen LogP contribution is 2.45. The van der Waals surface area contributed by atoms with Crippen LogP contribution < -0.4 is 10.1 Å². The highest BCUT2D eigenvalue weighted by Gasteiger charge is 2.56. The maximum atomic E-state index is 14.1. The molecule has 2 aromatic carbocycles. The zero-order valence-electron chi connectivity index (χ0n) is 17.2. The van der Waals surface area contributed by atoms with Gasteiger partial charge in [-0.1, -0.05) is 32.0 Å². The zero-order chi connectivity index (χ0) is 22.4. The van der Waals surface area contributed by atoms with Crippen LogP contribution in [0.3, 0.4) is 0 Å². The Bertz CT molecular complexity index is 1070. The number of ether oxygens (including phenoxy) is 1. The summed E-state index contributed by atoms with van der Waals surface area (Å²) in [7, 11) is 0. The molecule has 8 heteroatoms. The monoisotopic (exact) mass is 436 g/mol. The maximum absolute atomic E-state index is 14.1. The van der Waals surface area contributed by atoms with E-state index in [9.17, 15) is 22.7 Å². The Morgan fingerprint density at radius 3 is 2.58 bits per heavy atom. The highest BCUT2D eigenvalue weighted by molar-refractivity contribution is 5.80. The number of nitrogens with one attached hydrogen (secondary N) is 2. The molecule has 0 amide bonds. The maximum Gasteiger partial charge on any atom is 0.431 e. The SMILES string of the molecule is CC(C)(CC(O)(NCc1cc2ccccc2[nH]1)C(F)(F)F)c1cc(F)cc2c1OCC2. The number of aromatic nitrogens is 1. The first kappa shape index (κ1) is 21.6. The van der Waals surface area contributed by atoms with E-state index in [4.69, 9.17) is 4.74 Å². The minimum absolute atomic E-state index is 0.224. The predicted molar refractivity (Wildman–Crippen MR) is 109 cm³/mol. The zero-order valence-corrected chi connectivity index (χ0v) is 17.2. The van der Waals surface area contributed by atoms with Gasteiger partial charge < -0.3 is 14.8 Å². The fraction of sp³-hybridized carbons (Fsp3) is 0.391. The number of aliphatic hydroxyl groups is 1. The van der Waals surface area contributed by atoms with Gasteiger partial charge in [-0.3, -0.25) is 5.32 Å². The number of halogens is 4. The summed E-state index contributed by atoms with van der Waals surface area (Å²) in [5, 5.41) is 13.9. The van der Waals surface area contributed by atoms with E-state index in [1.165, 1.54) is 12.1 Å². The van der Waals surface area contributed by atoms with Gasteiger partial charge in [0.05, 0.1) is 6.61 Å². The molecule has 0 saturated heterocycles. The first-order chi connectivity index (χ1) is 14.5. The average Bonchev–Trinajstić information content (AvgIpc) is 3.30. The van der Waals surface area contributed by atoms with Crippen molar-refractivity contribution < 1.29 is 27.4 Å². The molecule has 1 aliphatic rings. The second kappa shape index (κ2) is 7.53. The molecule has 0 aliphatic carbocycles. The molecule has 166 valence electrons. The lowest BCUT2D eigenvalue weighted by atomic mass is 9.76. The van der Waals surface area contributed by atoms with Gasteiger partial charge in [0.1, 0.15) is 11.6 Å². The van der Waals surface area contributed by atoms with Crippen molar-refractivity contribution in [2.75, 3.05) is 6.61 Å². The summed E-state index contributed by atoms with van der Waals surface area (Å²) >= 11 is 0. The number of fused-ring (bicyclic) bond motifs is 2. The molecule has 1 aromatic heterocycles. The summed E-state index contributed by atoms with van der Waals surface area (Å²) in [4.78, 5) is 3.05. The van der Waals surface area contributed by atoms with Crippen LogP contribution in [0.2, 0.25) is 0 Å². The van der Waals surface area contributed by atoms with Crippen LogP contribution in [0.25, 0.3) is 10.9 Å². The Balaban J connectivity index is 1.61. The van der Waals surface area contributed by atoms with Gasteiger partial charge >= 0.3 is 6.18 Å². The summed E-state index contributed by atoms with van der Waals surface area (Å²) in [6, 6.07) is 11.6. The second-order valence-corrected chi connectivity index (χ2v) is 8.69. The van der Waals surface area contributed by atoms with E-state index in [-0.39, 0.29) is 6.54 Å². The Hall–Kier alpha value is -2.58. The Morgan fingerprint density at radius 2 is 1.87 bits per heavy atom. The van der Waals surface area contributed by atoms with Gasteiger partial charge in [-0.05, 0) is 35.1 Å². The lowest BCUT2D eigenvalue weighted by Crippen LogP contribution is -2.59. The van der Waals surface area contributed by atoms with Gasteiger partial charge in [0.2, 0.25) is 5.72 Å². The van der Waals surface area contributed by atoms with Crippen molar-refractivity contribution in [2.24, 2.45) is 0 Å².